The van der Waals surface area contributed by atoms with Gasteiger partial charge in [-0.05, 0) is 36.6 Å². The van der Waals surface area contributed by atoms with Crippen LogP contribution in [-0.2, 0) is 6.42 Å². The van der Waals surface area contributed by atoms with Gasteiger partial charge in [0.2, 0.25) is 0 Å². The summed E-state index contributed by atoms with van der Waals surface area (Å²) < 4.78 is 1.95. The highest BCUT2D eigenvalue weighted by molar-refractivity contribution is 6.00. The van der Waals surface area contributed by atoms with Gasteiger partial charge in [-0.25, -0.2) is 4.79 Å². The van der Waals surface area contributed by atoms with Crippen molar-refractivity contribution in [1.82, 2.24) is 4.57 Å². The Labute approximate surface area is 150 Å². The first-order valence-electron chi connectivity index (χ1n) is 8.46. The number of carboxylic acid groups (broad SMARTS) is 1. The summed E-state index contributed by atoms with van der Waals surface area (Å²) >= 11 is 0. The minimum atomic E-state index is -1.18. The van der Waals surface area contributed by atoms with Crippen LogP contribution in [0.25, 0.3) is 16.9 Å². The summed E-state index contributed by atoms with van der Waals surface area (Å²) in [5.41, 5.74) is 3.92. The van der Waals surface area contributed by atoms with E-state index in [2.05, 4.69) is 0 Å². The Kier molecular flexibility index (Phi) is 3.84. The third-order valence-corrected chi connectivity index (χ3v) is 4.76. The third kappa shape index (κ3) is 2.58. The van der Waals surface area contributed by atoms with Crippen molar-refractivity contribution in [3.63, 3.8) is 0 Å². The van der Waals surface area contributed by atoms with Gasteiger partial charge in [0.05, 0.1) is 5.69 Å². The number of fused-ring (bicyclic) bond motifs is 1. The van der Waals surface area contributed by atoms with Crippen LogP contribution in [0.1, 0.15) is 39.3 Å². The molecule has 0 unspecified atom stereocenters. The van der Waals surface area contributed by atoms with Crippen molar-refractivity contribution >= 4 is 11.8 Å². The van der Waals surface area contributed by atoms with Crippen LogP contribution in [0.4, 0.5) is 0 Å². The number of Topliss-reactive ketones (excluding diaryl/α,β-unsaturated/α-hetero) is 1. The van der Waals surface area contributed by atoms with E-state index in [0.29, 0.717) is 17.7 Å². The van der Waals surface area contributed by atoms with E-state index < -0.39 is 5.97 Å². The summed E-state index contributed by atoms with van der Waals surface area (Å²) in [6.07, 6.45) is 2.08. The Balaban J connectivity index is 1.97. The predicted molar refractivity (Wildman–Crippen MR) is 97.1 cm³/mol. The highest BCUT2D eigenvalue weighted by atomic mass is 16.4. The zero-order valence-electron chi connectivity index (χ0n) is 14.0. The summed E-state index contributed by atoms with van der Waals surface area (Å²) in [5, 5.41) is 19.3. The molecule has 0 saturated heterocycles. The standard InChI is InChI=1S/C21H17NO4/c23-19-8-4-7-17-16(19)12-18(13-5-2-1-3-6-13)22(17)14-9-10-15(21(25)26)20(24)11-14/h1-3,5-6,9-12,24H,4,7-8H2,(H,25,26). The van der Waals surface area contributed by atoms with Crippen molar-refractivity contribution in [2.75, 3.05) is 0 Å². The average Bonchev–Trinajstić information content (AvgIpc) is 3.03. The number of nitrogens with zero attached hydrogens (tertiary/aromatic N) is 1. The van der Waals surface area contributed by atoms with E-state index in [1.165, 1.54) is 12.1 Å². The van der Waals surface area contributed by atoms with E-state index in [1.54, 1.807) is 6.07 Å². The number of carbonyl (C=O) groups is 2. The molecule has 2 N–H and O–H groups in total. The van der Waals surface area contributed by atoms with E-state index in [1.807, 2.05) is 41.0 Å². The molecule has 0 bridgehead atoms. The third-order valence-electron chi connectivity index (χ3n) is 4.76. The highest BCUT2D eigenvalue weighted by Crippen LogP contribution is 2.35. The number of ketones is 1. The molecule has 0 fully saturated rings. The first kappa shape index (κ1) is 16.1. The van der Waals surface area contributed by atoms with Crippen molar-refractivity contribution < 1.29 is 19.8 Å². The van der Waals surface area contributed by atoms with E-state index in [4.69, 9.17) is 5.11 Å². The fourth-order valence-corrected chi connectivity index (χ4v) is 3.55. The Morgan fingerprint density at radius 2 is 1.77 bits per heavy atom. The number of aromatic nitrogens is 1. The Morgan fingerprint density at radius 1 is 1.00 bits per heavy atom. The van der Waals surface area contributed by atoms with E-state index in [9.17, 15) is 14.7 Å². The molecule has 5 nitrogen and oxygen atoms in total. The number of hydrogen-bond donors (Lipinski definition) is 2. The molecule has 0 saturated carbocycles. The van der Waals surface area contributed by atoms with Crippen LogP contribution in [-0.4, -0.2) is 26.5 Å². The lowest BCUT2D eigenvalue weighted by molar-refractivity contribution is 0.0693. The molecule has 3 aromatic rings. The lowest BCUT2D eigenvalue weighted by Gasteiger charge is -2.17. The van der Waals surface area contributed by atoms with Crippen LogP contribution in [0.15, 0.2) is 54.6 Å². The zero-order valence-corrected chi connectivity index (χ0v) is 14.0. The molecular weight excluding hydrogens is 330 g/mol. The SMILES string of the molecule is O=C(O)c1ccc(-n2c(-c3ccccc3)cc3c2CCCC3=O)cc1O. The Bertz CT molecular complexity index is 1020. The smallest absolute Gasteiger partial charge is 0.339 e. The van der Waals surface area contributed by atoms with Crippen molar-refractivity contribution in [2.24, 2.45) is 0 Å². The van der Waals surface area contributed by atoms with Crippen molar-refractivity contribution in [3.8, 4) is 22.7 Å². The van der Waals surface area contributed by atoms with Gasteiger partial charge >= 0.3 is 5.97 Å². The molecule has 0 atom stereocenters. The number of phenols is 1. The molecule has 0 spiro atoms. The highest BCUT2D eigenvalue weighted by Gasteiger charge is 2.25. The molecule has 0 amide bonds. The minimum absolute atomic E-state index is 0.119. The number of carboxylic acids is 1. The van der Waals surface area contributed by atoms with Crippen molar-refractivity contribution in [1.29, 1.82) is 0 Å². The molecule has 0 radical (unpaired) electrons. The molecule has 1 aromatic heterocycles. The maximum atomic E-state index is 12.4. The number of benzene rings is 2. The average molecular weight is 347 g/mol. The summed E-state index contributed by atoms with van der Waals surface area (Å²) in [6.45, 7) is 0. The van der Waals surface area contributed by atoms with Gasteiger partial charge in [-0.2, -0.15) is 0 Å². The molecule has 5 heteroatoms. The molecular formula is C21H17NO4. The van der Waals surface area contributed by atoms with Crippen LogP contribution < -0.4 is 0 Å². The molecule has 1 aliphatic rings. The van der Waals surface area contributed by atoms with Gasteiger partial charge in [0.25, 0.3) is 0 Å². The lowest BCUT2D eigenvalue weighted by Crippen LogP contribution is -2.12. The quantitative estimate of drug-likeness (QED) is 0.748. The molecule has 1 heterocycles. The normalized spacial score (nSPS) is 13.5. The monoisotopic (exact) mass is 347 g/mol. The number of rotatable bonds is 3. The fourth-order valence-electron chi connectivity index (χ4n) is 3.55. The van der Waals surface area contributed by atoms with Gasteiger partial charge in [0.15, 0.2) is 5.78 Å². The van der Waals surface area contributed by atoms with E-state index in [0.717, 1.165) is 29.8 Å². The molecule has 1 aliphatic carbocycles. The second-order valence-corrected chi connectivity index (χ2v) is 6.37. The second kappa shape index (κ2) is 6.19. The largest absolute Gasteiger partial charge is 0.507 e. The van der Waals surface area contributed by atoms with Crippen molar-refractivity contribution in [3.05, 3.63) is 71.4 Å². The summed E-state index contributed by atoms with van der Waals surface area (Å²) in [5.74, 6) is -1.35. The van der Waals surface area contributed by atoms with E-state index in [-0.39, 0.29) is 17.1 Å². The van der Waals surface area contributed by atoms with Crippen LogP contribution in [0.3, 0.4) is 0 Å². The van der Waals surface area contributed by atoms with Crippen molar-refractivity contribution in [2.45, 2.75) is 19.3 Å². The Morgan fingerprint density at radius 3 is 2.46 bits per heavy atom. The molecule has 130 valence electrons. The van der Waals surface area contributed by atoms with Gasteiger partial charge in [-0.3, -0.25) is 4.79 Å². The van der Waals surface area contributed by atoms with E-state index >= 15 is 0 Å². The van der Waals surface area contributed by atoms with Crippen LogP contribution in [0.5, 0.6) is 5.75 Å². The predicted octanol–water partition coefficient (Wildman–Crippen LogP) is 4.07. The molecule has 2 aromatic carbocycles. The summed E-state index contributed by atoms with van der Waals surface area (Å²) in [6, 6.07) is 16.1. The molecule has 26 heavy (non-hydrogen) atoms. The minimum Gasteiger partial charge on any atom is -0.507 e. The van der Waals surface area contributed by atoms with Gasteiger partial charge < -0.3 is 14.8 Å². The van der Waals surface area contributed by atoms with Gasteiger partial charge in [0.1, 0.15) is 11.3 Å². The number of hydrogen-bond acceptors (Lipinski definition) is 3. The fraction of sp³-hybridized carbons (Fsp3) is 0.143. The van der Waals surface area contributed by atoms with Crippen LogP contribution in [0.2, 0.25) is 0 Å². The molecule has 0 aliphatic heterocycles. The van der Waals surface area contributed by atoms with Crippen LogP contribution >= 0.6 is 0 Å². The summed E-state index contributed by atoms with van der Waals surface area (Å²) in [7, 11) is 0. The topological polar surface area (TPSA) is 79.5 Å². The lowest BCUT2D eigenvalue weighted by atomic mass is 9.96. The molecule has 4 rings (SSSR count). The number of carbonyl (C=O) groups excluding carboxylic acids is 1. The number of aromatic hydroxyl groups is 1. The number of aromatic carboxylic acids is 1. The maximum Gasteiger partial charge on any atom is 0.339 e. The van der Waals surface area contributed by atoms with Gasteiger partial charge in [-0.15, -0.1) is 0 Å². The Hall–Kier alpha value is -3.34. The summed E-state index contributed by atoms with van der Waals surface area (Å²) in [4.78, 5) is 23.6. The second-order valence-electron chi connectivity index (χ2n) is 6.37. The van der Waals surface area contributed by atoms with Gasteiger partial charge in [0, 0.05) is 29.4 Å². The zero-order chi connectivity index (χ0) is 18.3. The maximum absolute atomic E-state index is 12.4. The van der Waals surface area contributed by atoms with Crippen LogP contribution in [0, 0.1) is 0 Å². The first-order chi connectivity index (χ1) is 12.6. The van der Waals surface area contributed by atoms with Gasteiger partial charge in [-0.1, -0.05) is 30.3 Å². The first-order valence-corrected chi connectivity index (χ1v) is 8.46.